The molecule has 0 saturated carbocycles. The minimum absolute atomic E-state index is 0.0583. The highest BCUT2D eigenvalue weighted by Crippen LogP contribution is 2.51. The monoisotopic (exact) mass is 288 g/mol. The molecular formula is C15H16N2O4. The molecule has 2 heterocycles. The molecular weight excluding hydrogens is 272 g/mol. The van der Waals surface area contributed by atoms with Crippen LogP contribution in [0.3, 0.4) is 0 Å². The van der Waals surface area contributed by atoms with E-state index in [1.807, 2.05) is 20.8 Å². The van der Waals surface area contributed by atoms with Gasteiger partial charge in [-0.25, -0.2) is 0 Å². The van der Waals surface area contributed by atoms with Gasteiger partial charge in [-0.15, -0.1) is 0 Å². The van der Waals surface area contributed by atoms with Crippen LogP contribution in [-0.4, -0.2) is 22.2 Å². The standard InChI is InChI=1S/C15H16N2O4/c1-7-6-15(3,4)16-12-9(7)5-10(17(20)21)8(2)11(12)13(18)14(16)19/h5,7H,6H2,1-4H3. The Morgan fingerprint density at radius 3 is 2.57 bits per heavy atom. The zero-order valence-electron chi connectivity index (χ0n) is 12.4. The maximum absolute atomic E-state index is 12.3. The van der Waals surface area contributed by atoms with Crippen LogP contribution in [0.15, 0.2) is 6.07 Å². The van der Waals surface area contributed by atoms with Crippen molar-refractivity contribution in [3.8, 4) is 0 Å². The number of nitrogens with zero attached hydrogens (tertiary/aromatic N) is 2. The minimum Gasteiger partial charge on any atom is -0.299 e. The molecule has 6 heteroatoms. The summed E-state index contributed by atoms with van der Waals surface area (Å²) < 4.78 is 0. The lowest BCUT2D eigenvalue weighted by molar-refractivity contribution is -0.385. The second kappa shape index (κ2) is 3.90. The first kappa shape index (κ1) is 13.7. The molecule has 1 aromatic carbocycles. The number of hydrogen-bond donors (Lipinski definition) is 0. The van der Waals surface area contributed by atoms with Crippen LogP contribution in [0.5, 0.6) is 0 Å². The van der Waals surface area contributed by atoms with Crippen LogP contribution < -0.4 is 4.90 Å². The Hall–Kier alpha value is -2.24. The molecule has 1 amide bonds. The van der Waals surface area contributed by atoms with Gasteiger partial charge in [0.25, 0.3) is 17.4 Å². The first-order valence-corrected chi connectivity index (χ1v) is 6.87. The van der Waals surface area contributed by atoms with Gasteiger partial charge in [0.1, 0.15) is 0 Å². The number of amides is 1. The lowest BCUT2D eigenvalue weighted by Gasteiger charge is -2.43. The van der Waals surface area contributed by atoms with Gasteiger partial charge in [-0.2, -0.15) is 0 Å². The molecule has 0 fully saturated rings. The molecule has 110 valence electrons. The molecule has 0 bridgehead atoms. The SMILES string of the molecule is Cc1c([N+](=O)[O-])cc2c3c1C(=O)C(=O)N3C(C)(C)CC2C. The van der Waals surface area contributed by atoms with Crippen molar-refractivity contribution in [2.75, 3.05) is 4.90 Å². The first-order valence-electron chi connectivity index (χ1n) is 6.87. The van der Waals surface area contributed by atoms with Gasteiger partial charge in [0.05, 0.1) is 16.2 Å². The quantitative estimate of drug-likeness (QED) is 0.452. The average molecular weight is 288 g/mol. The van der Waals surface area contributed by atoms with E-state index < -0.39 is 22.2 Å². The number of hydrogen-bond acceptors (Lipinski definition) is 4. The Balaban J connectivity index is 2.42. The van der Waals surface area contributed by atoms with Crippen molar-refractivity contribution in [2.45, 2.75) is 45.6 Å². The van der Waals surface area contributed by atoms with Gasteiger partial charge >= 0.3 is 0 Å². The Labute approximate surface area is 121 Å². The number of nitro benzene ring substituents is 1. The second-order valence-corrected chi connectivity index (χ2v) is 6.48. The average Bonchev–Trinajstić information content (AvgIpc) is 2.61. The van der Waals surface area contributed by atoms with Gasteiger partial charge in [0.2, 0.25) is 0 Å². The highest BCUT2D eigenvalue weighted by atomic mass is 16.6. The zero-order valence-corrected chi connectivity index (χ0v) is 12.4. The van der Waals surface area contributed by atoms with E-state index in [9.17, 15) is 19.7 Å². The van der Waals surface area contributed by atoms with Crippen LogP contribution in [0.2, 0.25) is 0 Å². The number of Topliss-reactive ketones (excluding diaryl/α,β-unsaturated/α-hetero) is 1. The lowest BCUT2D eigenvalue weighted by atomic mass is 9.79. The Bertz CT molecular complexity index is 721. The number of benzene rings is 1. The summed E-state index contributed by atoms with van der Waals surface area (Å²) in [5, 5.41) is 11.2. The molecule has 1 atom stereocenters. The van der Waals surface area contributed by atoms with Crippen molar-refractivity contribution in [3.63, 3.8) is 0 Å². The highest BCUT2D eigenvalue weighted by Gasteiger charge is 2.50. The van der Waals surface area contributed by atoms with Gasteiger partial charge in [-0.1, -0.05) is 6.92 Å². The van der Waals surface area contributed by atoms with E-state index >= 15 is 0 Å². The van der Waals surface area contributed by atoms with Crippen molar-refractivity contribution in [2.24, 2.45) is 0 Å². The van der Waals surface area contributed by atoms with Crippen LogP contribution >= 0.6 is 0 Å². The van der Waals surface area contributed by atoms with E-state index in [1.54, 1.807) is 0 Å². The van der Waals surface area contributed by atoms with E-state index in [0.717, 1.165) is 5.56 Å². The van der Waals surface area contributed by atoms with Crippen molar-refractivity contribution in [1.29, 1.82) is 0 Å². The van der Waals surface area contributed by atoms with Crippen molar-refractivity contribution >= 4 is 23.1 Å². The Morgan fingerprint density at radius 1 is 1.38 bits per heavy atom. The number of ketones is 1. The molecule has 0 aliphatic carbocycles. The van der Waals surface area contributed by atoms with Crippen LogP contribution in [0.4, 0.5) is 11.4 Å². The highest BCUT2D eigenvalue weighted by molar-refractivity contribution is 6.53. The summed E-state index contributed by atoms with van der Waals surface area (Å²) in [6.45, 7) is 7.35. The third-order valence-electron chi connectivity index (χ3n) is 4.55. The smallest absolute Gasteiger partial charge is 0.299 e. The fourth-order valence-electron chi connectivity index (χ4n) is 3.70. The number of anilines is 1. The van der Waals surface area contributed by atoms with Gasteiger partial charge in [-0.05, 0) is 38.7 Å². The summed E-state index contributed by atoms with van der Waals surface area (Å²) in [5.41, 5.74) is 1.25. The van der Waals surface area contributed by atoms with E-state index in [1.165, 1.54) is 17.9 Å². The molecule has 6 nitrogen and oxygen atoms in total. The summed E-state index contributed by atoms with van der Waals surface area (Å²) in [4.78, 5) is 36.9. The first-order chi connectivity index (χ1) is 9.66. The molecule has 21 heavy (non-hydrogen) atoms. The molecule has 0 radical (unpaired) electrons. The normalized spacial score (nSPS) is 22.5. The van der Waals surface area contributed by atoms with E-state index in [-0.39, 0.29) is 22.7 Å². The zero-order chi connectivity index (χ0) is 15.7. The Morgan fingerprint density at radius 2 is 2.00 bits per heavy atom. The molecule has 1 aromatic rings. The third kappa shape index (κ3) is 1.58. The fourth-order valence-corrected chi connectivity index (χ4v) is 3.70. The van der Waals surface area contributed by atoms with Crippen LogP contribution in [-0.2, 0) is 4.79 Å². The summed E-state index contributed by atoms with van der Waals surface area (Å²) in [5.74, 6) is -1.15. The minimum atomic E-state index is -0.630. The summed E-state index contributed by atoms with van der Waals surface area (Å²) in [6, 6.07) is 1.52. The van der Waals surface area contributed by atoms with E-state index in [0.29, 0.717) is 12.1 Å². The number of rotatable bonds is 1. The lowest BCUT2D eigenvalue weighted by Crippen LogP contribution is -2.50. The van der Waals surface area contributed by atoms with Gasteiger partial charge in [0.15, 0.2) is 0 Å². The third-order valence-corrected chi connectivity index (χ3v) is 4.55. The maximum atomic E-state index is 12.3. The van der Waals surface area contributed by atoms with Crippen LogP contribution in [0.25, 0.3) is 0 Å². The maximum Gasteiger partial charge on any atom is 0.299 e. The van der Waals surface area contributed by atoms with Crippen molar-refractivity contribution in [1.82, 2.24) is 0 Å². The molecule has 2 aliphatic heterocycles. The van der Waals surface area contributed by atoms with Crippen molar-refractivity contribution in [3.05, 3.63) is 32.9 Å². The number of carbonyl (C=O) groups excluding carboxylic acids is 2. The molecule has 2 aliphatic rings. The molecule has 3 rings (SSSR count). The molecule has 0 saturated heterocycles. The molecule has 0 aromatic heterocycles. The second-order valence-electron chi connectivity index (χ2n) is 6.48. The van der Waals surface area contributed by atoms with Crippen LogP contribution in [0, 0.1) is 17.0 Å². The topological polar surface area (TPSA) is 80.5 Å². The fraction of sp³-hybridized carbons (Fsp3) is 0.467. The number of carbonyl (C=O) groups is 2. The van der Waals surface area contributed by atoms with Gasteiger partial charge in [-0.3, -0.25) is 24.6 Å². The van der Waals surface area contributed by atoms with Crippen molar-refractivity contribution < 1.29 is 14.5 Å². The van der Waals surface area contributed by atoms with Crippen LogP contribution in [0.1, 0.15) is 54.6 Å². The Kier molecular flexibility index (Phi) is 2.55. The largest absolute Gasteiger partial charge is 0.299 e. The predicted molar refractivity (Wildman–Crippen MR) is 76.8 cm³/mol. The molecule has 1 unspecified atom stereocenters. The van der Waals surface area contributed by atoms with Gasteiger partial charge < -0.3 is 0 Å². The summed E-state index contributed by atoms with van der Waals surface area (Å²) >= 11 is 0. The molecule has 0 spiro atoms. The van der Waals surface area contributed by atoms with E-state index in [2.05, 4.69) is 0 Å². The van der Waals surface area contributed by atoms with E-state index in [4.69, 9.17) is 0 Å². The summed E-state index contributed by atoms with van der Waals surface area (Å²) in [6.07, 6.45) is 0.665. The predicted octanol–water partition coefficient (Wildman–Crippen LogP) is 2.72. The summed E-state index contributed by atoms with van der Waals surface area (Å²) in [7, 11) is 0. The van der Waals surface area contributed by atoms with Gasteiger partial charge in [0, 0.05) is 17.2 Å². The molecule has 0 N–H and O–H groups in total. The number of nitro groups is 1.